The van der Waals surface area contributed by atoms with Gasteiger partial charge < -0.3 is 9.47 Å². The summed E-state index contributed by atoms with van der Waals surface area (Å²) in [6.45, 7) is 2.10. The third kappa shape index (κ3) is 1.79. The highest BCUT2D eigenvalue weighted by molar-refractivity contribution is 7.22. The minimum absolute atomic E-state index is 0.855. The largest absolute Gasteiger partial charge is 0.305 e. The van der Waals surface area contributed by atoms with Crippen LogP contribution in [0.25, 0.3) is 15.9 Å². The maximum absolute atomic E-state index is 6.24. The van der Waals surface area contributed by atoms with E-state index in [1.165, 1.54) is 27.2 Å². The molecule has 0 radical (unpaired) electrons. The number of rotatable bonds is 1. The van der Waals surface area contributed by atoms with Crippen LogP contribution in [0.2, 0.25) is 4.34 Å². The molecule has 0 aliphatic carbocycles. The van der Waals surface area contributed by atoms with Crippen molar-refractivity contribution in [3.05, 3.63) is 46.2 Å². The maximum atomic E-state index is 6.24. The van der Waals surface area contributed by atoms with Crippen molar-refractivity contribution in [1.29, 1.82) is 0 Å². The van der Waals surface area contributed by atoms with Gasteiger partial charge in [0.25, 0.3) is 0 Å². The Hall–Kier alpha value is -1.36. The van der Waals surface area contributed by atoms with Gasteiger partial charge in [0, 0.05) is 48.7 Å². The number of hydrogen-bond acceptors (Lipinski definition) is 3. The molecule has 0 saturated carbocycles. The summed E-state index contributed by atoms with van der Waals surface area (Å²) in [5.41, 5.74) is 4.02. The Morgan fingerprint density at radius 1 is 1.30 bits per heavy atom. The molecule has 3 aromatic rings. The molecule has 0 atom stereocenters. The minimum atomic E-state index is 0.855. The number of fused-ring (bicyclic) bond motifs is 3. The average Bonchev–Trinajstić information content (AvgIpc) is 2.95. The normalized spacial score (nSPS) is 15.7. The lowest BCUT2D eigenvalue weighted by Crippen LogP contribution is -2.27. The van der Waals surface area contributed by atoms with E-state index in [-0.39, 0.29) is 0 Å². The van der Waals surface area contributed by atoms with Gasteiger partial charge in [0.2, 0.25) is 0 Å². The van der Waals surface area contributed by atoms with Crippen molar-refractivity contribution in [3.8, 4) is 5.69 Å². The number of aromatic nitrogens is 2. The molecular weight excluding hydrogens is 290 g/mol. The molecule has 20 heavy (non-hydrogen) atoms. The highest BCUT2D eigenvalue weighted by Crippen LogP contribution is 2.39. The molecular formula is C15H14ClN3S. The molecule has 0 aromatic carbocycles. The van der Waals surface area contributed by atoms with E-state index in [9.17, 15) is 0 Å². The average molecular weight is 304 g/mol. The number of pyridine rings is 1. The summed E-state index contributed by atoms with van der Waals surface area (Å²) in [5.74, 6) is 0. The first-order valence-electron chi connectivity index (χ1n) is 6.64. The van der Waals surface area contributed by atoms with Crippen LogP contribution in [0, 0.1) is 0 Å². The van der Waals surface area contributed by atoms with E-state index >= 15 is 0 Å². The quantitative estimate of drug-likeness (QED) is 0.683. The Bertz CT molecular complexity index is 775. The van der Waals surface area contributed by atoms with Crippen molar-refractivity contribution in [2.45, 2.75) is 13.0 Å². The van der Waals surface area contributed by atoms with Crippen molar-refractivity contribution >= 4 is 33.2 Å². The smallest absolute Gasteiger partial charge is 0.109 e. The number of hydrogen-bond donors (Lipinski definition) is 0. The number of thiophene rings is 1. The molecule has 0 fully saturated rings. The van der Waals surface area contributed by atoms with Gasteiger partial charge >= 0.3 is 0 Å². The summed E-state index contributed by atoms with van der Waals surface area (Å²) in [7, 11) is 2.17. The first kappa shape index (κ1) is 12.4. The Morgan fingerprint density at radius 2 is 2.10 bits per heavy atom. The van der Waals surface area contributed by atoms with Gasteiger partial charge in [-0.05, 0) is 30.8 Å². The van der Waals surface area contributed by atoms with Gasteiger partial charge in [-0.1, -0.05) is 11.6 Å². The van der Waals surface area contributed by atoms with Crippen LogP contribution in [0.1, 0.15) is 11.3 Å². The fourth-order valence-electron chi connectivity index (χ4n) is 3.00. The lowest BCUT2D eigenvalue weighted by molar-refractivity contribution is 0.311. The van der Waals surface area contributed by atoms with E-state index in [2.05, 4.69) is 39.7 Å². The van der Waals surface area contributed by atoms with Crippen LogP contribution >= 0.6 is 22.9 Å². The van der Waals surface area contributed by atoms with Crippen molar-refractivity contribution in [2.24, 2.45) is 0 Å². The summed E-state index contributed by atoms with van der Waals surface area (Å²) in [6, 6.07) is 6.23. The van der Waals surface area contributed by atoms with Gasteiger partial charge in [0.1, 0.15) is 4.83 Å². The fraction of sp³-hybridized carbons (Fsp3) is 0.267. The van der Waals surface area contributed by atoms with Crippen molar-refractivity contribution in [3.63, 3.8) is 0 Å². The van der Waals surface area contributed by atoms with Crippen molar-refractivity contribution in [1.82, 2.24) is 14.5 Å². The summed E-state index contributed by atoms with van der Waals surface area (Å²) in [6.07, 6.45) is 4.77. The van der Waals surface area contributed by atoms with E-state index in [1.807, 2.05) is 12.4 Å². The second-order valence-corrected chi connectivity index (χ2v) is 6.89. The molecule has 0 amide bonds. The second kappa shape index (κ2) is 4.58. The Balaban J connectivity index is 2.04. The first-order chi connectivity index (χ1) is 9.74. The van der Waals surface area contributed by atoms with E-state index in [4.69, 9.17) is 11.6 Å². The lowest BCUT2D eigenvalue weighted by Gasteiger charge is -2.24. The number of likely N-dealkylation sites (N-methyl/N-ethyl adjacent to an activating group) is 1. The lowest BCUT2D eigenvalue weighted by atomic mass is 10.1. The molecule has 4 rings (SSSR count). The van der Waals surface area contributed by atoms with Crippen molar-refractivity contribution in [2.75, 3.05) is 13.6 Å². The zero-order valence-corrected chi connectivity index (χ0v) is 12.7. The summed E-state index contributed by atoms with van der Waals surface area (Å²) >= 11 is 7.90. The summed E-state index contributed by atoms with van der Waals surface area (Å²) < 4.78 is 3.21. The zero-order valence-electron chi connectivity index (χ0n) is 11.1. The maximum Gasteiger partial charge on any atom is 0.109 e. The topological polar surface area (TPSA) is 21.1 Å². The van der Waals surface area contributed by atoms with Gasteiger partial charge in [-0.15, -0.1) is 11.3 Å². The van der Waals surface area contributed by atoms with Gasteiger partial charge in [-0.3, -0.25) is 4.98 Å². The van der Waals surface area contributed by atoms with Crippen LogP contribution in [0.3, 0.4) is 0 Å². The SMILES string of the molecule is CN1CCc2c(c3cc(Cl)sc3n2-c2ccncc2)C1. The van der Waals surface area contributed by atoms with Crippen LogP contribution in [0.15, 0.2) is 30.6 Å². The minimum Gasteiger partial charge on any atom is -0.305 e. The summed E-state index contributed by atoms with van der Waals surface area (Å²) in [5, 5.41) is 1.30. The number of halogens is 1. The molecule has 0 N–H and O–H groups in total. The molecule has 0 spiro atoms. The van der Waals surface area contributed by atoms with E-state index in [0.717, 1.165) is 23.8 Å². The fourth-order valence-corrected chi connectivity index (χ4v) is 4.29. The predicted octanol–water partition coefficient (Wildman–Crippen LogP) is 3.73. The van der Waals surface area contributed by atoms with Crippen molar-refractivity contribution < 1.29 is 0 Å². The Morgan fingerprint density at radius 3 is 2.90 bits per heavy atom. The van der Waals surface area contributed by atoms with Gasteiger partial charge in [-0.2, -0.15) is 0 Å². The Kier molecular flexibility index (Phi) is 2.84. The molecule has 0 bridgehead atoms. The van der Waals surface area contributed by atoms with E-state index in [1.54, 1.807) is 11.3 Å². The third-order valence-corrected chi connectivity index (χ3v) is 5.16. The van der Waals surface area contributed by atoms with E-state index < -0.39 is 0 Å². The second-order valence-electron chi connectivity index (χ2n) is 5.22. The summed E-state index contributed by atoms with van der Waals surface area (Å²) in [4.78, 5) is 7.74. The highest BCUT2D eigenvalue weighted by Gasteiger charge is 2.24. The standard InChI is InChI=1S/C15H14ClN3S/c1-18-7-4-13-12(9-18)11-8-14(16)20-15(11)19(13)10-2-5-17-6-3-10/h2-3,5-6,8H,4,7,9H2,1H3. The Labute approximate surface area is 126 Å². The van der Waals surface area contributed by atoms with Crippen LogP contribution in [-0.2, 0) is 13.0 Å². The molecule has 3 aromatic heterocycles. The molecule has 5 heteroatoms. The van der Waals surface area contributed by atoms with Crippen LogP contribution in [-0.4, -0.2) is 28.0 Å². The molecule has 0 saturated heterocycles. The van der Waals surface area contributed by atoms with Gasteiger partial charge in [-0.25, -0.2) is 0 Å². The van der Waals surface area contributed by atoms with Gasteiger partial charge in [0.05, 0.1) is 4.34 Å². The van der Waals surface area contributed by atoms with Gasteiger partial charge in [0.15, 0.2) is 0 Å². The number of nitrogens with zero attached hydrogens (tertiary/aromatic N) is 3. The molecule has 1 aliphatic heterocycles. The molecule has 3 nitrogen and oxygen atoms in total. The zero-order chi connectivity index (χ0) is 13.7. The van der Waals surface area contributed by atoms with Crippen LogP contribution in [0.5, 0.6) is 0 Å². The monoisotopic (exact) mass is 303 g/mol. The highest BCUT2D eigenvalue weighted by atomic mass is 35.5. The molecule has 0 unspecified atom stereocenters. The molecule has 4 heterocycles. The van der Waals surface area contributed by atoms with Crippen LogP contribution < -0.4 is 0 Å². The third-order valence-electron chi connectivity index (χ3n) is 3.91. The van der Waals surface area contributed by atoms with Crippen LogP contribution in [0.4, 0.5) is 0 Å². The van der Waals surface area contributed by atoms with E-state index in [0.29, 0.717) is 0 Å². The predicted molar refractivity (Wildman–Crippen MR) is 84.0 cm³/mol. The molecule has 1 aliphatic rings. The molecule has 102 valence electrons. The first-order valence-corrected chi connectivity index (χ1v) is 7.84.